The minimum absolute atomic E-state index is 0.130. The van der Waals surface area contributed by atoms with Gasteiger partial charge in [-0.3, -0.25) is 4.99 Å². The molecule has 2 aliphatic heterocycles. The Morgan fingerprint density at radius 2 is 2.35 bits per heavy atom. The van der Waals surface area contributed by atoms with Crippen LogP contribution in [-0.2, 0) is 4.74 Å². The number of rotatable bonds is 2. The van der Waals surface area contributed by atoms with Crippen molar-refractivity contribution < 1.29 is 4.74 Å². The van der Waals surface area contributed by atoms with Gasteiger partial charge in [0.2, 0.25) is 0 Å². The molecule has 0 amide bonds. The van der Waals surface area contributed by atoms with Gasteiger partial charge >= 0.3 is 0 Å². The number of aryl methyl sites for hydroxylation is 1. The van der Waals surface area contributed by atoms with Gasteiger partial charge in [-0.15, -0.1) is 0 Å². The van der Waals surface area contributed by atoms with Crippen LogP contribution in [0.3, 0.4) is 0 Å². The number of hydrogen-bond acceptors (Lipinski definition) is 3. The summed E-state index contributed by atoms with van der Waals surface area (Å²) in [6, 6.07) is 8.52. The molecule has 2 aliphatic rings. The number of hydrogen-bond donors (Lipinski definition) is 1. The minimum Gasteiger partial charge on any atom is -0.471 e. The molecule has 0 saturated carbocycles. The van der Waals surface area contributed by atoms with Gasteiger partial charge in [-0.25, -0.2) is 0 Å². The molecule has 3 rings (SSSR count). The molecule has 0 aliphatic carbocycles. The molecule has 1 N–H and O–H groups in total. The zero-order chi connectivity index (χ0) is 11.7. The summed E-state index contributed by atoms with van der Waals surface area (Å²) in [7, 11) is 0. The molecule has 2 atom stereocenters. The Kier molecular flexibility index (Phi) is 2.85. The standard InChI is InChI=1S/C14H18N2O/c1-10-3-2-4-11(7-10)13-9-16-14(17-13)12-5-6-15-8-12/h2-4,7,12-13,15H,5-6,8-9H2,1H3. The maximum atomic E-state index is 6.00. The fraction of sp³-hybridized carbons (Fsp3) is 0.500. The molecule has 2 unspecified atom stereocenters. The predicted molar refractivity (Wildman–Crippen MR) is 68.3 cm³/mol. The molecule has 0 bridgehead atoms. The largest absolute Gasteiger partial charge is 0.471 e. The van der Waals surface area contributed by atoms with Gasteiger partial charge in [-0.1, -0.05) is 29.8 Å². The molecule has 3 nitrogen and oxygen atoms in total. The minimum atomic E-state index is 0.130. The molecule has 90 valence electrons. The lowest BCUT2D eigenvalue weighted by Gasteiger charge is -2.14. The van der Waals surface area contributed by atoms with Crippen molar-refractivity contribution in [2.75, 3.05) is 19.6 Å². The Hall–Kier alpha value is -1.35. The fourth-order valence-corrected chi connectivity index (χ4v) is 2.53. The van der Waals surface area contributed by atoms with E-state index in [4.69, 9.17) is 4.74 Å². The fourth-order valence-electron chi connectivity index (χ4n) is 2.53. The van der Waals surface area contributed by atoms with Crippen molar-refractivity contribution in [2.24, 2.45) is 10.9 Å². The Balaban J connectivity index is 1.69. The number of aliphatic imine (C=N–C) groups is 1. The van der Waals surface area contributed by atoms with Gasteiger partial charge in [0, 0.05) is 12.5 Å². The summed E-state index contributed by atoms with van der Waals surface area (Å²) in [5.41, 5.74) is 2.52. The molecule has 1 aromatic rings. The summed E-state index contributed by atoms with van der Waals surface area (Å²) in [6.45, 7) is 4.98. The SMILES string of the molecule is Cc1cccc(C2CN=C(C3CCNC3)O2)c1. The van der Waals surface area contributed by atoms with Crippen LogP contribution in [0.5, 0.6) is 0 Å². The Labute approximate surface area is 102 Å². The normalized spacial score (nSPS) is 27.9. The summed E-state index contributed by atoms with van der Waals surface area (Å²) < 4.78 is 6.00. The van der Waals surface area contributed by atoms with Crippen LogP contribution < -0.4 is 5.32 Å². The number of ether oxygens (including phenoxy) is 1. The first-order chi connectivity index (χ1) is 8.33. The first-order valence-corrected chi connectivity index (χ1v) is 6.31. The molecule has 0 aromatic heterocycles. The van der Waals surface area contributed by atoms with Gasteiger partial charge in [0.1, 0.15) is 6.10 Å². The third-order valence-corrected chi connectivity index (χ3v) is 3.50. The molecule has 1 aromatic carbocycles. The van der Waals surface area contributed by atoms with Crippen LogP contribution in [0.15, 0.2) is 29.3 Å². The monoisotopic (exact) mass is 230 g/mol. The number of nitrogens with one attached hydrogen (secondary N) is 1. The van der Waals surface area contributed by atoms with E-state index in [2.05, 4.69) is 41.5 Å². The van der Waals surface area contributed by atoms with Gasteiger partial charge < -0.3 is 10.1 Å². The molecular weight excluding hydrogens is 212 g/mol. The molecule has 3 heteroatoms. The van der Waals surface area contributed by atoms with Crippen molar-refractivity contribution in [1.29, 1.82) is 0 Å². The summed E-state index contributed by atoms with van der Waals surface area (Å²) >= 11 is 0. The Bertz CT molecular complexity index is 436. The van der Waals surface area contributed by atoms with E-state index in [1.165, 1.54) is 11.1 Å². The highest BCUT2D eigenvalue weighted by Gasteiger charge is 2.29. The van der Waals surface area contributed by atoms with E-state index in [1.807, 2.05) is 0 Å². The van der Waals surface area contributed by atoms with Crippen LogP contribution in [0.4, 0.5) is 0 Å². The van der Waals surface area contributed by atoms with Gasteiger partial charge in [0.25, 0.3) is 0 Å². The third-order valence-electron chi connectivity index (χ3n) is 3.50. The number of benzene rings is 1. The Morgan fingerprint density at radius 1 is 1.41 bits per heavy atom. The molecule has 17 heavy (non-hydrogen) atoms. The van der Waals surface area contributed by atoms with Crippen LogP contribution in [-0.4, -0.2) is 25.5 Å². The van der Waals surface area contributed by atoms with Crippen LogP contribution in [0.2, 0.25) is 0 Å². The van der Waals surface area contributed by atoms with E-state index in [1.54, 1.807) is 0 Å². The maximum absolute atomic E-state index is 6.00. The topological polar surface area (TPSA) is 33.6 Å². The highest BCUT2D eigenvalue weighted by atomic mass is 16.5. The summed E-state index contributed by atoms with van der Waals surface area (Å²) in [5.74, 6) is 1.45. The van der Waals surface area contributed by atoms with E-state index in [0.29, 0.717) is 5.92 Å². The molecule has 0 spiro atoms. The first kappa shape index (κ1) is 10.8. The second-order valence-corrected chi connectivity index (χ2v) is 4.89. The van der Waals surface area contributed by atoms with E-state index in [0.717, 1.165) is 32.0 Å². The highest BCUT2D eigenvalue weighted by molar-refractivity contribution is 5.81. The smallest absolute Gasteiger partial charge is 0.188 e. The van der Waals surface area contributed by atoms with Gasteiger partial charge in [0.15, 0.2) is 5.90 Å². The van der Waals surface area contributed by atoms with Crippen molar-refractivity contribution in [1.82, 2.24) is 5.32 Å². The van der Waals surface area contributed by atoms with Gasteiger partial charge in [-0.05, 0) is 25.5 Å². The van der Waals surface area contributed by atoms with Gasteiger partial charge in [0.05, 0.1) is 6.54 Å². The van der Waals surface area contributed by atoms with Gasteiger partial charge in [-0.2, -0.15) is 0 Å². The predicted octanol–water partition coefficient (Wildman–Crippen LogP) is 2.07. The molecule has 0 radical (unpaired) electrons. The van der Waals surface area contributed by atoms with Crippen molar-refractivity contribution in [3.05, 3.63) is 35.4 Å². The summed E-state index contributed by atoms with van der Waals surface area (Å²) in [4.78, 5) is 4.56. The maximum Gasteiger partial charge on any atom is 0.188 e. The van der Waals surface area contributed by atoms with Crippen LogP contribution in [0.25, 0.3) is 0 Å². The second kappa shape index (κ2) is 4.49. The zero-order valence-corrected chi connectivity index (χ0v) is 10.1. The lowest BCUT2D eigenvalue weighted by Crippen LogP contribution is -2.18. The van der Waals surface area contributed by atoms with Crippen LogP contribution in [0.1, 0.15) is 23.7 Å². The molecule has 2 heterocycles. The first-order valence-electron chi connectivity index (χ1n) is 6.31. The second-order valence-electron chi connectivity index (χ2n) is 4.89. The molecular formula is C14H18N2O. The van der Waals surface area contributed by atoms with Crippen molar-refractivity contribution in [3.63, 3.8) is 0 Å². The summed E-state index contributed by atoms with van der Waals surface area (Å²) in [6.07, 6.45) is 1.28. The number of nitrogens with zero attached hydrogens (tertiary/aromatic N) is 1. The average Bonchev–Trinajstić information content (AvgIpc) is 3.00. The molecule has 1 saturated heterocycles. The van der Waals surface area contributed by atoms with Crippen LogP contribution >= 0.6 is 0 Å². The Morgan fingerprint density at radius 3 is 3.12 bits per heavy atom. The van der Waals surface area contributed by atoms with E-state index in [9.17, 15) is 0 Å². The third kappa shape index (κ3) is 2.20. The lowest BCUT2D eigenvalue weighted by molar-refractivity contribution is 0.216. The van der Waals surface area contributed by atoms with E-state index < -0.39 is 0 Å². The zero-order valence-electron chi connectivity index (χ0n) is 10.1. The average molecular weight is 230 g/mol. The van der Waals surface area contributed by atoms with E-state index in [-0.39, 0.29) is 6.10 Å². The van der Waals surface area contributed by atoms with Crippen LogP contribution in [0, 0.1) is 12.8 Å². The van der Waals surface area contributed by atoms with Crippen molar-refractivity contribution >= 4 is 5.90 Å². The lowest BCUT2D eigenvalue weighted by atomic mass is 10.1. The van der Waals surface area contributed by atoms with Crippen molar-refractivity contribution in [3.8, 4) is 0 Å². The highest BCUT2D eigenvalue weighted by Crippen LogP contribution is 2.27. The summed E-state index contributed by atoms with van der Waals surface area (Å²) in [5, 5.41) is 3.35. The van der Waals surface area contributed by atoms with Crippen molar-refractivity contribution in [2.45, 2.75) is 19.4 Å². The van der Waals surface area contributed by atoms with E-state index >= 15 is 0 Å². The molecule has 1 fully saturated rings. The quantitative estimate of drug-likeness (QED) is 0.844.